The average Bonchev–Trinajstić information content (AvgIpc) is 2.37. The number of carbonyl (C=O) groups excluding carboxylic acids is 1. The van der Waals surface area contributed by atoms with Gasteiger partial charge in [0.2, 0.25) is 5.91 Å². The topological polar surface area (TPSA) is 55.6 Å². The summed E-state index contributed by atoms with van der Waals surface area (Å²) in [5.41, 5.74) is 5.99. The summed E-state index contributed by atoms with van der Waals surface area (Å²) >= 11 is 0. The molecule has 0 aromatic heterocycles. The van der Waals surface area contributed by atoms with Crippen molar-refractivity contribution in [1.82, 2.24) is 4.90 Å². The molecule has 2 fully saturated rings. The fourth-order valence-corrected chi connectivity index (χ4v) is 3.15. The quantitative estimate of drug-likeness (QED) is 0.813. The Morgan fingerprint density at radius 1 is 1.50 bits per heavy atom. The third kappa shape index (κ3) is 2.86. The molecule has 2 aliphatic rings. The summed E-state index contributed by atoms with van der Waals surface area (Å²) in [7, 11) is 0. The first-order valence-electron chi connectivity index (χ1n) is 7.24. The summed E-state index contributed by atoms with van der Waals surface area (Å²) in [4.78, 5) is 14.6. The zero-order valence-corrected chi connectivity index (χ0v) is 11.7. The van der Waals surface area contributed by atoms with E-state index in [-0.39, 0.29) is 23.5 Å². The molecule has 18 heavy (non-hydrogen) atoms. The van der Waals surface area contributed by atoms with Gasteiger partial charge in [-0.05, 0) is 26.2 Å². The first kappa shape index (κ1) is 13.8. The van der Waals surface area contributed by atoms with E-state index < -0.39 is 0 Å². The van der Waals surface area contributed by atoms with Crippen molar-refractivity contribution in [3.8, 4) is 0 Å². The Kier molecular flexibility index (Phi) is 4.28. The Labute approximate surface area is 110 Å². The molecule has 1 heterocycles. The summed E-state index contributed by atoms with van der Waals surface area (Å²) < 4.78 is 5.62. The van der Waals surface area contributed by atoms with Crippen LogP contribution in [0.3, 0.4) is 0 Å². The van der Waals surface area contributed by atoms with E-state index in [1.165, 1.54) is 0 Å². The van der Waals surface area contributed by atoms with E-state index >= 15 is 0 Å². The van der Waals surface area contributed by atoms with Crippen LogP contribution in [0.25, 0.3) is 0 Å². The second kappa shape index (κ2) is 5.57. The number of hydrogen-bond donors (Lipinski definition) is 1. The van der Waals surface area contributed by atoms with Crippen LogP contribution in [0.1, 0.15) is 46.0 Å². The predicted molar refractivity (Wildman–Crippen MR) is 71.2 cm³/mol. The number of morpholine rings is 1. The van der Waals surface area contributed by atoms with Crippen LogP contribution in [0.4, 0.5) is 0 Å². The van der Waals surface area contributed by atoms with Crippen molar-refractivity contribution in [2.45, 2.75) is 57.6 Å². The monoisotopic (exact) mass is 254 g/mol. The number of nitrogens with zero attached hydrogens (tertiary/aromatic N) is 1. The maximum Gasteiger partial charge on any atom is 0.227 e. The maximum absolute atomic E-state index is 12.6. The minimum Gasteiger partial charge on any atom is -0.375 e. The van der Waals surface area contributed by atoms with Crippen LogP contribution in [0.15, 0.2) is 0 Å². The second-order valence-corrected chi connectivity index (χ2v) is 5.99. The Bertz CT molecular complexity index is 304. The van der Waals surface area contributed by atoms with Crippen molar-refractivity contribution >= 4 is 5.91 Å². The highest BCUT2D eigenvalue weighted by molar-refractivity contribution is 5.80. The van der Waals surface area contributed by atoms with Crippen molar-refractivity contribution in [2.75, 3.05) is 19.7 Å². The molecule has 3 atom stereocenters. The summed E-state index contributed by atoms with van der Waals surface area (Å²) in [6.07, 6.45) is 5.36. The molecule has 0 radical (unpaired) electrons. The molecule has 1 amide bonds. The van der Waals surface area contributed by atoms with Crippen LogP contribution in [-0.2, 0) is 9.53 Å². The van der Waals surface area contributed by atoms with Gasteiger partial charge < -0.3 is 15.4 Å². The van der Waals surface area contributed by atoms with Gasteiger partial charge in [-0.15, -0.1) is 0 Å². The normalized spacial score (nSPS) is 37.6. The standard InChI is InChI=1S/C14H26N2O2/c1-3-11-10-16(8-9-18-11)13(17)12-6-4-5-7-14(12,2)15/h11-12H,3-10,15H2,1-2H3. The largest absolute Gasteiger partial charge is 0.375 e. The van der Waals surface area contributed by atoms with Gasteiger partial charge in [0.05, 0.1) is 18.6 Å². The van der Waals surface area contributed by atoms with Crippen molar-refractivity contribution in [1.29, 1.82) is 0 Å². The van der Waals surface area contributed by atoms with E-state index in [9.17, 15) is 4.79 Å². The SMILES string of the molecule is CCC1CN(C(=O)C2CCCCC2(C)N)CCO1. The Balaban J connectivity index is 2.01. The molecule has 2 N–H and O–H groups in total. The maximum atomic E-state index is 12.6. The van der Waals surface area contributed by atoms with Crippen molar-refractivity contribution < 1.29 is 9.53 Å². The minimum atomic E-state index is -0.324. The van der Waals surface area contributed by atoms with E-state index in [0.29, 0.717) is 6.61 Å². The molecule has 2 rings (SSSR count). The van der Waals surface area contributed by atoms with Crippen molar-refractivity contribution in [3.05, 3.63) is 0 Å². The van der Waals surface area contributed by atoms with E-state index in [2.05, 4.69) is 6.92 Å². The lowest BCUT2D eigenvalue weighted by atomic mass is 9.74. The van der Waals surface area contributed by atoms with Crippen LogP contribution in [0.2, 0.25) is 0 Å². The third-order valence-electron chi connectivity index (χ3n) is 4.46. The summed E-state index contributed by atoms with van der Waals surface area (Å²) in [6, 6.07) is 0. The van der Waals surface area contributed by atoms with Crippen LogP contribution in [0, 0.1) is 5.92 Å². The Morgan fingerprint density at radius 3 is 2.94 bits per heavy atom. The molecule has 0 bridgehead atoms. The molecule has 4 nitrogen and oxygen atoms in total. The molecule has 1 saturated heterocycles. The van der Waals surface area contributed by atoms with Gasteiger partial charge in [0.1, 0.15) is 0 Å². The first-order valence-corrected chi connectivity index (χ1v) is 7.24. The smallest absolute Gasteiger partial charge is 0.227 e. The Morgan fingerprint density at radius 2 is 2.28 bits per heavy atom. The number of ether oxygens (including phenoxy) is 1. The molecule has 3 unspecified atom stereocenters. The van der Waals surface area contributed by atoms with E-state index in [0.717, 1.165) is 45.2 Å². The van der Waals surface area contributed by atoms with E-state index in [1.54, 1.807) is 0 Å². The summed E-state index contributed by atoms with van der Waals surface area (Å²) in [6.45, 7) is 6.26. The van der Waals surface area contributed by atoms with Crippen molar-refractivity contribution in [2.24, 2.45) is 11.7 Å². The minimum absolute atomic E-state index is 0.00172. The van der Waals surface area contributed by atoms with Crippen LogP contribution >= 0.6 is 0 Å². The number of rotatable bonds is 2. The molecule has 1 aliphatic carbocycles. The first-order chi connectivity index (χ1) is 8.54. The summed E-state index contributed by atoms with van der Waals surface area (Å²) in [5.74, 6) is 0.253. The van der Waals surface area contributed by atoms with Gasteiger partial charge in [0, 0.05) is 18.6 Å². The number of carbonyl (C=O) groups is 1. The molecule has 4 heteroatoms. The van der Waals surface area contributed by atoms with Gasteiger partial charge in [0.25, 0.3) is 0 Å². The molecule has 1 aliphatic heterocycles. The fourth-order valence-electron chi connectivity index (χ4n) is 3.15. The number of hydrogen-bond acceptors (Lipinski definition) is 3. The summed E-state index contributed by atoms with van der Waals surface area (Å²) in [5, 5.41) is 0. The van der Waals surface area contributed by atoms with Crippen LogP contribution < -0.4 is 5.73 Å². The van der Waals surface area contributed by atoms with Gasteiger partial charge >= 0.3 is 0 Å². The van der Waals surface area contributed by atoms with Gasteiger partial charge in [-0.25, -0.2) is 0 Å². The van der Waals surface area contributed by atoms with Gasteiger partial charge in [-0.3, -0.25) is 4.79 Å². The Hall–Kier alpha value is -0.610. The lowest BCUT2D eigenvalue weighted by Gasteiger charge is -2.42. The molecule has 1 saturated carbocycles. The highest BCUT2D eigenvalue weighted by atomic mass is 16.5. The average molecular weight is 254 g/mol. The third-order valence-corrected chi connectivity index (χ3v) is 4.46. The van der Waals surface area contributed by atoms with Gasteiger partial charge in [0.15, 0.2) is 0 Å². The predicted octanol–water partition coefficient (Wildman–Crippen LogP) is 1.53. The van der Waals surface area contributed by atoms with Crippen LogP contribution in [-0.4, -0.2) is 42.1 Å². The van der Waals surface area contributed by atoms with Crippen molar-refractivity contribution in [3.63, 3.8) is 0 Å². The highest BCUT2D eigenvalue weighted by Gasteiger charge is 2.40. The highest BCUT2D eigenvalue weighted by Crippen LogP contribution is 2.33. The van der Waals surface area contributed by atoms with Gasteiger partial charge in [-0.2, -0.15) is 0 Å². The molecular formula is C14H26N2O2. The molecule has 0 aromatic rings. The lowest BCUT2D eigenvalue weighted by molar-refractivity contribution is -0.146. The van der Waals surface area contributed by atoms with E-state index in [4.69, 9.17) is 10.5 Å². The molecule has 0 spiro atoms. The molecular weight excluding hydrogens is 228 g/mol. The number of nitrogens with two attached hydrogens (primary N) is 1. The zero-order valence-electron chi connectivity index (χ0n) is 11.7. The van der Waals surface area contributed by atoms with Crippen LogP contribution in [0.5, 0.6) is 0 Å². The second-order valence-electron chi connectivity index (χ2n) is 5.99. The van der Waals surface area contributed by atoms with E-state index in [1.807, 2.05) is 11.8 Å². The fraction of sp³-hybridized carbons (Fsp3) is 0.929. The lowest BCUT2D eigenvalue weighted by Crippen LogP contribution is -2.56. The molecule has 0 aromatic carbocycles. The zero-order chi connectivity index (χ0) is 13.2. The number of amides is 1. The molecule has 104 valence electrons. The van der Waals surface area contributed by atoms with Gasteiger partial charge in [-0.1, -0.05) is 19.8 Å².